The van der Waals surface area contributed by atoms with E-state index in [2.05, 4.69) is 20.6 Å². The standard InChI is InChI=1S/C20H21N5O5/c1-9-6-10(2)15(11(3)7-9)24-20(29)25-18-16(17(21)26)22-14(23-18)8-12-4-5-13(30-12)19(27)28/h4-7H,8H2,1-3H3,(H2,21,26)(H,22,23)(H,27,28)(H2,24,25,29). The van der Waals surface area contributed by atoms with Gasteiger partial charge in [-0.1, -0.05) is 17.7 Å². The quantitative estimate of drug-likeness (QED) is 0.418. The molecule has 156 valence electrons. The van der Waals surface area contributed by atoms with Crippen molar-refractivity contribution in [1.82, 2.24) is 9.97 Å². The van der Waals surface area contributed by atoms with Gasteiger partial charge < -0.3 is 25.6 Å². The monoisotopic (exact) mass is 411 g/mol. The summed E-state index contributed by atoms with van der Waals surface area (Å²) in [5.74, 6) is -1.67. The number of carbonyl (C=O) groups excluding carboxylic acids is 2. The van der Waals surface area contributed by atoms with Crippen LogP contribution in [0.4, 0.5) is 16.3 Å². The Bertz CT molecular complexity index is 1120. The maximum Gasteiger partial charge on any atom is 0.371 e. The fraction of sp³-hybridized carbons (Fsp3) is 0.200. The molecule has 6 N–H and O–H groups in total. The van der Waals surface area contributed by atoms with Gasteiger partial charge in [-0.05, 0) is 44.0 Å². The Morgan fingerprint density at radius 3 is 2.37 bits per heavy atom. The minimum absolute atomic E-state index is 0.0394. The Morgan fingerprint density at radius 1 is 1.13 bits per heavy atom. The highest BCUT2D eigenvalue weighted by Crippen LogP contribution is 2.23. The van der Waals surface area contributed by atoms with Crippen molar-refractivity contribution in [3.8, 4) is 0 Å². The molecule has 0 atom stereocenters. The number of furan rings is 1. The van der Waals surface area contributed by atoms with Crippen molar-refractivity contribution >= 4 is 29.4 Å². The summed E-state index contributed by atoms with van der Waals surface area (Å²) < 4.78 is 5.18. The van der Waals surface area contributed by atoms with Gasteiger partial charge in [-0.15, -0.1) is 0 Å². The first-order valence-corrected chi connectivity index (χ1v) is 9.00. The van der Waals surface area contributed by atoms with Crippen molar-refractivity contribution in [3.63, 3.8) is 0 Å². The summed E-state index contributed by atoms with van der Waals surface area (Å²) >= 11 is 0. The molecule has 0 aliphatic rings. The molecular formula is C20H21N5O5. The highest BCUT2D eigenvalue weighted by atomic mass is 16.4. The first-order chi connectivity index (χ1) is 14.1. The Labute approximate surface area is 171 Å². The second kappa shape index (κ2) is 8.11. The van der Waals surface area contributed by atoms with Crippen molar-refractivity contribution in [1.29, 1.82) is 0 Å². The molecule has 2 aromatic heterocycles. The molecule has 3 amide bonds. The van der Waals surface area contributed by atoms with Crippen molar-refractivity contribution in [3.05, 3.63) is 64.0 Å². The number of anilines is 2. The number of urea groups is 1. The predicted molar refractivity (Wildman–Crippen MR) is 109 cm³/mol. The zero-order valence-electron chi connectivity index (χ0n) is 16.6. The number of aromatic amines is 1. The lowest BCUT2D eigenvalue weighted by atomic mass is 10.1. The number of nitrogens with one attached hydrogen (secondary N) is 3. The van der Waals surface area contributed by atoms with Crippen LogP contribution in [0.5, 0.6) is 0 Å². The number of nitrogens with zero attached hydrogens (tertiary/aromatic N) is 1. The largest absolute Gasteiger partial charge is 0.475 e. The molecule has 30 heavy (non-hydrogen) atoms. The van der Waals surface area contributed by atoms with Gasteiger partial charge in [0.05, 0.1) is 6.42 Å². The molecule has 0 fully saturated rings. The highest BCUT2D eigenvalue weighted by molar-refractivity contribution is 6.04. The van der Waals surface area contributed by atoms with Gasteiger partial charge in [0, 0.05) is 5.69 Å². The minimum Gasteiger partial charge on any atom is -0.475 e. The topological polar surface area (TPSA) is 163 Å². The Hall–Kier alpha value is -4.08. The fourth-order valence-electron chi connectivity index (χ4n) is 3.16. The van der Waals surface area contributed by atoms with Crippen molar-refractivity contribution in [2.75, 3.05) is 10.6 Å². The number of carboxylic acids is 1. The Balaban J connectivity index is 1.79. The maximum atomic E-state index is 12.5. The molecule has 0 spiro atoms. The van der Waals surface area contributed by atoms with Crippen molar-refractivity contribution in [2.24, 2.45) is 5.73 Å². The third-order valence-electron chi connectivity index (χ3n) is 4.36. The number of aryl methyl sites for hydroxylation is 3. The number of imidazole rings is 1. The van der Waals surface area contributed by atoms with Crippen LogP contribution in [0.3, 0.4) is 0 Å². The van der Waals surface area contributed by atoms with Crippen LogP contribution < -0.4 is 16.4 Å². The van der Waals surface area contributed by atoms with E-state index < -0.39 is 17.9 Å². The number of amides is 3. The van der Waals surface area contributed by atoms with Crippen LogP contribution in [-0.2, 0) is 6.42 Å². The summed E-state index contributed by atoms with van der Waals surface area (Å²) in [6.45, 7) is 5.73. The van der Waals surface area contributed by atoms with Gasteiger partial charge in [0.1, 0.15) is 17.3 Å². The molecule has 2 heterocycles. The molecule has 0 aliphatic carbocycles. The smallest absolute Gasteiger partial charge is 0.371 e. The van der Waals surface area contributed by atoms with Gasteiger partial charge in [0.25, 0.3) is 5.91 Å². The predicted octanol–water partition coefficient (Wildman–Crippen LogP) is 2.96. The number of aromatic nitrogens is 2. The molecule has 3 aromatic rings. The molecule has 0 unspecified atom stereocenters. The number of H-pyrrole nitrogens is 1. The molecule has 0 saturated carbocycles. The summed E-state index contributed by atoms with van der Waals surface area (Å²) in [5.41, 5.74) is 8.82. The second-order valence-electron chi connectivity index (χ2n) is 6.87. The maximum absolute atomic E-state index is 12.5. The summed E-state index contributed by atoms with van der Waals surface area (Å²) in [6.07, 6.45) is 0.0764. The summed E-state index contributed by atoms with van der Waals surface area (Å²) in [4.78, 5) is 42.1. The number of aromatic carboxylic acids is 1. The molecule has 10 nitrogen and oxygen atoms in total. The molecule has 1 aromatic carbocycles. The number of rotatable bonds is 6. The molecule has 0 aliphatic heterocycles. The van der Waals surface area contributed by atoms with Crippen LogP contribution in [0.25, 0.3) is 0 Å². The van der Waals surface area contributed by atoms with Crippen molar-refractivity contribution < 1.29 is 23.9 Å². The van der Waals surface area contributed by atoms with Gasteiger partial charge >= 0.3 is 12.0 Å². The SMILES string of the molecule is Cc1cc(C)c(NC(=O)Nc2nc(Cc3ccc(C(=O)O)o3)[nH]c2C(N)=O)c(C)c1. The Kier molecular flexibility index (Phi) is 5.58. The summed E-state index contributed by atoms with van der Waals surface area (Å²) in [7, 11) is 0. The summed E-state index contributed by atoms with van der Waals surface area (Å²) in [5, 5.41) is 14.2. The second-order valence-corrected chi connectivity index (χ2v) is 6.87. The molecule has 0 bridgehead atoms. The van der Waals surface area contributed by atoms with Crippen LogP contribution in [-0.4, -0.2) is 33.0 Å². The number of primary amides is 1. The van der Waals surface area contributed by atoms with E-state index >= 15 is 0 Å². The number of nitrogens with two attached hydrogens (primary N) is 1. The van der Waals surface area contributed by atoms with Gasteiger partial charge in [0.2, 0.25) is 5.76 Å². The molecule has 3 rings (SSSR count). The van der Waals surface area contributed by atoms with Gasteiger partial charge in [0.15, 0.2) is 5.82 Å². The van der Waals surface area contributed by atoms with Gasteiger partial charge in [-0.25, -0.2) is 14.6 Å². The minimum atomic E-state index is -1.20. The van der Waals surface area contributed by atoms with E-state index in [-0.39, 0.29) is 29.5 Å². The average Bonchev–Trinajstić information content (AvgIpc) is 3.25. The van der Waals surface area contributed by atoms with Crippen LogP contribution in [0.2, 0.25) is 0 Å². The lowest BCUT2D eigenvalue weighted by Gasteiger charge is -2.13. The zero-order valence-corrected chi connectivity index (χ0v) is 16.6. The van der Waals surface area contributed by atoms with Crippen LogP contribution in [0, 0.1) is 20.8 Å². The normalized spacial score (nSPS) is 10.6. The lowest BCUT2D eigenvalue weighted by Crippen LogP contribution is -2.23. The lowest BCUT2D eigenvalue weighted by molar-refractivity contribution is 0.0660. The first-order valence-electron chi connectivity index (χ1n) is 9.00. The van der Waals surface area contributed by atoms with E-state index in [9.17, 15) is 14.4 Å². The molecular weight excluding hydrogens is 390 g/mol. The van der Waals surface area contributed by atoms with E-state index in [1.54, 1.807) is 0 Å². The average molecular weight is 411 g/mol. The molecule has 0 radical (unpaired) electrons. The van der Waals surface area contributed by atoms with Gasteiger partial charge in [-0.3, -0.25) is 10.1 Å². The molecule has 10 heteroatoms. The third-order valence-corrected chi connectivity index (χ3v) is 4.36. The Morgan fingerprint density at radius 2 is 1.80 bits per heavy atom. The summed E-state index contributed by atoms with van der Waals surface area (Å²) in [6, 6.07) is 6.10. The van der Waals surface area contributed by atoms with Crippen molar-refractivity contribution in [2.45, 2.75) is 27.2 Å². The van der Waals surface area contributed by atoms with E-state index in [1.165, 1.54) is 12.1 Å². The number of carboxylic acid groups (broad SMARTS) is 1. The first kappa shape index (κ1) is 20.6. The van der Waals surface area contributed by atoms with Crippen LogP contribution in [0.15, 0.2) is 28.7 Å². The molecule has 0 saturated heterocycles. The van der Waals surface area contributed by atoms with Crippen LogP contribution >= 0.6 is 0 Å². The number of hydrogen-bond acceptors (Lipinski definition) is 5. The number of hydrogen-bond donors (Lipinski definition) is 5. The van der Waals surface area contributed by atoms with Crippen LogP contribution in [0.1, 0.15) is 49.3 Å². The van der Waals surface area contributed by atoms with E-state index in [4.69, 9.17) is 15.3 Å². The van der Waals surface area contributed by atoms with E-state index in [1.807, 2.05) is 32.9 Å². The van der Waals surface area contributed by atoms with E-state index in [0.717, 1.165) is 16.7 Å². The fourth-order valence-corrected chi connectivity index (χ4v) is 3.16. The number of benzene rings is 1. The third kappa shape index (κ3) is 4.49. The zero-order chi connectivity index (χ0) is 22.0. The van der Waals surface area contributed by atoms with E-state index in [0.29, 0.717) is 11.4 Å². The van der Waals surface area contributed by atoms with Gasteiger partial charge in [-0.2, -0.15) is 0 Å². The number of carbonyl (C=O) groups is 3. The highest BCUT2D eigenvalue weighted by Gasteiger charge is 2.19.